The molecule has 0 radical (unpaired) electrons. The minimum Gasteiger partial charge on any atom is -0.507 e. The van der Waals surface area contributed by atoms with Crippen molar-refractivity contribution in [3.05, 3.63) is 108 Å². The number of aromatic nitrogens is 5. The van der Waals surface area contributed by atoms with Crippen molar-refractivity contribution < 1.29 is 9.90 Å². The third-order valence-corrected chi connectivity index (χ3v) is 6.14. The van der Waals surface area contributed by atoms with E-state index in [2.05, 4.69) is 35.6 Å². The Balaban J connectivity index is 1.30. The number of phenols is 1. The smallest absolute Gasteiger partial charge is 0.257 e. The first-order valence-corrected chi connectivity index (χ1v) is 12.4. The molecule has 0 saturated carbocycles. The van der Waals surface area contributed by atoms with Crippen LogP contribution in [0.25, 0.3) is 22.4 Å². The second-order valence-electron chi connectivity index (χ2n) is 9.13. The number of rotatable bonds is 7. The second-order valence-corrected chi connectivity index (χ2v) is 9.13. The van der Waals surface area contributed by atoms with E-state index in [4.69, 9.17) is 5.26 Å². The summed E-state index contributed by atoms with van der Waals surface area (Å²) in [6.45, 7) is 3.88. The molecule has 10 heteroatoms. The number of pyridine rings is 1. The molecule has 1 atom stereocenters. The van der Waals surface area contributed by atoms with E-state index in [1.54, 1.807) is 36.8 Å². The van der Waals surface area contributed by atoms with Gasteiger partial charge in [0.15, 0.2) is 0 Å². The van der Waals surface area contributed by atoms with Gasteiger partial charge in [-0.05, 0) is 55.3 Å². The molecule has 0 aliphatic heterocycles. The number of carbonyl (C=O) groups is 1. The number of anilines is 2. The first-order chi connectivity index (χ1) is 19.4. The van der Waals surface area contributed by atoms with Gasteiger partial charge in [-0.2, -0.15) is 5.26 Å². The predicted octanol–water partition coefficient (Wildman–Crippen LogP) is 5.31. The Morgan fingerprint density at radius 3 is 2.50 bits per heavy atom. The average molecular weight is 529 g/mol. The number of hydrogen-bond acceptors (Lipinski definition) is 9. The van der Waals surface area contributed by atoms with Crippen LogP contribution in [0.3, 0.4) is 0 Å². The molecule has 10 nitrogen and oxygen atoms in total. The first-order valence-electron chi connectivity index (χ1n) is 12.4. The van der Waals surface area contributed by atoms with Crippen molar-refractivity contribution in [2.24, 2.45) is 0 Å². The molecule has 196 valence electrons. The molecule has 0 bridgehead atoms. The minimum absolute atomic E-state index is 0.0274. The van der Waals surface area contributed by atoms with Crippen molar-refractivity contribution in [3.8, 4) is 34.2 Å². The monoisotopic (exact) mass is 528 g/mol. The van der Waals surface area contributed by atoms with E-state index in [9.17, 15) is 9.90 Å². The molecular formula is C30H24N8O2. The molecule has 3 heterocycles. The highest BCUT2D eigenvalue weighted by molar-refractivity contribution is 6.04. The lowest BCUT2D eigenvalue weighted by molar-refractivity contribution is 0.102. The van der Waals surface area contributed by atoms with Crippen LogP contribution in [-0.4, -0.2) is 35.9 Å². The third-order valence-electron chi connectivity index (χ3n) is 6.14. The molecule has 5 rings (SSSR count). The molecule has 0 saturated heterocycles. The van der Waals surface area contributed by atoms with Crippen LogP contribution in [0.2, 0.25) is 0 Å². The van der Waals surface area contributed by atoms with Crippen molar-refractivity contribution in [1.82, 2.24) is 24.9 Å². The third kappa shape index (κ3) is 5.89. The first kappa shape index (κ1) is 25.9. The summed E-state index contributed by atoms with van der Waals surface area (Å²) in [4.78, 5) is 33.6. The van der Waals surface area contributed by atoms with Crippen molar-refractivity contribution in [3.63, 3.8) is 0 Å². The lowest BCUT2D eigenvalue weighted by Gasteiger charge is -2.17. The molecule has 0 aliphatic carbocycles. The number of aromatic hydroxyl groups is 1. The van der Waals surface area contributed by atoms with Gasteiger partial charge in [0.2, 0.25) is 5.82 Å². The van der Waals surface area contributed by atoms with Gasteiger partial charge in [-0.15, -0.1) is 0 Å². The summed E-state index contributed by atoms with van der Waals surface area (Å²) in [5.41, 5.74) is 5.39. The second kappa shape index (κ2) is 11.4. The standard InChI is InChI=1S/C30H24N8O2/c1-18-8-22(13-32-12-18)30(40)37-24-5-3-4-20(9-24)19(2)36-29-17-33-16-26(38-29)21-6-7-25(27(39)10-21)23-14-34-28(11-31)35-15-23/h3-10,12-17,19,39H,1-2H3,(H,36,38)(H,37,40)/t19-/m0/s1. The van der Waals surface area contributed by atoms with E-state index >= 15 is 0 Å². The van der Waals surface area contributed by atoms with Crippen LogP contribution < -0.4 is 10.6 Å². The maximum Gasteiger partial charge on any atom is 0.257 e. The minimum atomic E-state index is -0.228. The molecule has 0 fully saturated rings. The Morgan fingerprint density at radius 2 is 1.75 bits per heavy atom. The van der Waals surface area contributed by atoms with Crippen LogP contribution in [0.4, 0.5) is 11.5 Å². The Bertz CT molecular complexity index is 1730. The number of benzene rings is 2. The van der Waals surface area contributed by atoms with Gasteiger partial charge in [0, 0.05) is 47.2 Å². The van der Waals surface area contributed by atoms with Gasteiger partial charge in [-0.3, -0.25) is 14.8 Å². The van der Waals surface area contributed by atoms with E-state index in [0.29, 0.717) is 39.5 Å². The molecule has 1 amide bonds. The zero-order valence-electron chi connectivity index (χ0n) is 21.7. The number of phenolic OH excluding ortho intramolecular Hbond substituents is 1. The zero-order chi connectivity index (χ0) is 28.1. The molecule has 5 aromatic rings. The number of hydrogen-bond donors (Lipinski definition) is 3. The van der Waals surface area contributed by atoms with Crippen LogP contribution in [0.1, 0.15) is 40.3 Å². The van der Waals surface area contributed by atoms with Crippen LogP contribution in [-0.2, 0) is 0 Å². The molecule has 40 heavy (non-hydrogen) atoms. The van der Waals surface area contributed by atoms with Gasteiger partial charge in [0.25, 0.3) is 5.91 Å². The molecule has 0 spiro atoms. The topological polar surface area (TPSA) is 150 Å². The highest BCUT2D eigenvalue weighted by Crippen LogP contribution is 2.32. The van der Waals surface area contributed by atoms with Crippen LogP contribution in [0.15, 0.2) is 85.7 Å². The Morgan fingerprint density at radius 1 is 0.950 bits per heavy atom. The van der Waals surface area contributed by atoms with Crippen LogP contribution in [0.5, 0.6) is 5.75 Å². The van der Waals surface area contributed by atoms with Crippen molar-refractivity contribution in [1.29, 1.82) is 5.26 Å². The van der Waals surface area contributed by atoms with Gasteiger partial charge in [0.05, 0.1) is 29.7 Å². The fourth-order valence-corrected chi connectivity index (χ4v) is 4.11. The van der Waals surface area contributed by atoms with E-state index < -0.39 is 0 Å². The van der Waals surface area contributed by atoms with Crippen LogP contribution >= 0.6 is 0 Å². The summed E-state index contributed by atoms with van der Waals surface area (Å²) < 4.78 is 0. The van der Waals surface area contributed by atoms with Gasteiger partial charge in [-0.25, -0.2) is 15.0 Å². The highest BCUT2D eigenvalue weighted by atomic mass is 16.3. The SMILES string of the molecule is Cc1cncc(C(=O)Nc2cccc([C@H](C)Nc3cncc(-c4ccc(-c5cnc(C#N)nc5)c(O)c4)n3)c2)c1. The van der Waals surface area contributed by atoms with Crippen LogP contribution in [0, 0.1) is 18.3 Å². The van der Waals surface area contributed by atoms with Crippen molar-refractivity contribution >= 4 is 17.4 Å². The number of carbonyl (C=O) groups excluding carboxylic acids is 1. The maximum atomic E-state index is 12.6. The predicted molar refractivity (Wildman–Crippen MR) is 150 cm³/mol. The average Bonchev–Trinajstić information content (AvgIpc) is 2.97. The quantitative estimate of drug-likeness (QED) is 0.255. The van der Waals surface area contributed by atoms with Gasteiger partial charge < -0.3 is 15.7 Å². The molecule has 3 aromatic heterocycles. The Hall–Kier alpha value is -5.69. The number of nitrogens with one attached hydrogen (secondary N) is 2. The summed E-state index contributed by atoms with van der Waals surface area (Å²) in [7, 11) is 0. The normalized spacial score (nSPS) is 11.3. The van der Waals surface area contributed by atoms with Gasteiger partial charge in [-0.1, -0.05) is 18.2 Å². The van der Waals surface area contributed by atoms with E-state index in [1.807, 2.05) is 50.2 Å². The summed E-state index contributed by atoms with van der Waals surface area (Å²) in [5, 5.41) is 25.8. The van der Waals surface area contributed by atoms with Crippen molar-refractivity contribution in [2.45, 2.75) is 19.9 Å². The summed E-state index contributed by atoms with van der Waals surface area (Å²) in [6, 6.07) is 16.3. The fraction of sp³-hybridized carbons (Fsp3) is 0.100. The van der Waals surface area contributed by atoms with E-state index in [1.165, 1.54) is 18.6 Å². The summed E-state index contributed by atoms with van der Waals surface area (Å²) in [5.74, 6) is 0.410. The fourth-order valence-electron chi connectivity index (χ4n) is 4.11. The Kier molecular flexibility index (Phi) is 7.37. The highest BCUT2D eigenvalue weighted by Gasteiger charge is 2.13. The number of nitrogens with zero attached hydrogens (tertiary/aromatic N) is 6. The maximum absolute atomic E-state index is 12.6. The van der Waals surface area contributed by atoms with Crippen molar-refractivity contribution in [2.75, 3.05) is 10.6 Å². The Labute approximate surface area is 230 Å². The van der Waals surface area contributed by atoms with Gasteiger partial charge in [0.1, 0.15) is 17.6 Å². The van der Waals surface area contributed by atoms with Gasteiger partial charge >= 0.3 is 0 Å². The molecule has 3 N–H and O–H groups in total. The molecule has 0 unspecified atom stereocenters. The molecular weight excluding hydrogens is 504 g/mol. The number of amides is 1. The van der Waals surface area contributed by atoms with E-state index in [0.717, 1.165) is 11.1 Å². The lowest BCUT2D eigenvalue weighted by atomic mass is 10.0. The number of aryl methyl sites for hydroxylation is 1. The lowest BCUT2D eigenvalue weighted by Crippen LogP contribution is -2.13. The summed E-state index contributed by atoms with van der Waals surface area (Å²) in [6.07, 6.45) is 9.46. The van der Waals surface area contributed by atoms with E-state index in [-0.39, 0.29) is 23.5 Å². The summed E-state index contributed by atoms with van der Waals surface area (Å²) >= 11 is 0. The zero-order valence-corrected chi connectivity index (χ0v) is 21.7. The number of nitriles is 1. The molecule has 2 aromatic carbocycles. The largest absolute Gasteiger partial charge is 0.507 e. The molecule has 0 aliphatic rings.